The summed E-state index contributed by atoms with van der Waals surface area (Å²) in [5, 5.41) is 12.2. The molecule has 5 heteroatoms. The van der Waals surface area contributed by atoms with E-state index in [0.29, 0.717) is 12.1 Å². The number of furan rings is 2. The molecule has 0 aliphatic heterocycles. The summed E-state index contributed by atoms with van der Waals surface area (Å²) in [4.78, 5) is 10.9. The lowest BCUT2D eigenvalue weighted by Crippen LogP contribution is -2.26. The van der Waals surface area contributed by atoms with Gasteiger partial charge in [0.15, 0.2) is 0 Å². The Morgan fingerprint density at radius 1 is 1.37 bits per heavy atom. The molecule has 2 rings (SSSR count). The number of aryl methyl sites for hydroxylation is 1. The number of hydrogen-bond donors (Lipinski definition) is 2. The van der Waals surface area contributed by atoms with Gasteiger partial charge in [0.2, 0.25) is 5.76 Å². The van der Waals surface area contributed by atoms with Gasteiger partial charge in [-0.1, -0.05) is 0 Å². The molecule has 0 amide bonds. The first-order valence-corrected chi connectivity index (χ1v) is 6.22. The van der Waals surface area contributed by atoms with Gasteiger partial charge in [-0.3, -0.25) is 0 Å². The zero-order chi connectivity index (χ0) is 13.7. The Bertz CT molecular complexity index is 515. The van der Waals surface area contributed by atoms with Crippen LogP contribution in [0.1, 0.15) is 35.2 Å². The van der Waals surface area contributed by atoms with Gasteiger partial charge in [0.05, 0.1) is 12.5 Å². The molecule has 1 unspecified atom stereocenters. The van der Waals surface area contributed by atoms with E-state index < -0.39 is 5.97 Å². The molecule has 0 bridgehead atoms. The Morgan fingerprint density at radius 2 is 2.21 bits per heavy atom. The lowest BCUT2D eigenvalue weighted by molar-refractivity contribution is 0.0660. The van der Waals surface area contributed by atoms with Gasteiger partial charge < -0.3 is 19.3 Å². The molecule has 19 heavy (non-hydrogen) atoms. The van der Waals surface area contributed by atoms with Crippen LogP contribution in [0.5, 0.6) is 0 Å². The number of carbonyl (C=O) groups is 1. The average Bonchev–Trinajstić information content (AvgIpc) is 3.04. The van der Waals surface area contributed by atoms with Crippen molar-refractivity contribution in [3.8, 4) is 0 Å². The van der Waals surface area contributed by atoms with Crippen molar-refractivity contribution in [2.45, 2.75) is 32.4 Å². The quantitative estimate of drug-likeness (QED) is 0.803. The summed E-state index contributed by atoms with van der Waals surface area (Å²) in [6, 6.07) is 5.76. The van der Waals surface area contributed by atoms with Crippen molar-refractivity contribution in [2.24, 2.45) is 0 Å². The summed E-state index contributed by atoms with van der Waals surface area (Å²) in [6.45, 7) is 2.54. The monoisotopic (exact) mass is 263 g/mol. The number of hydrogen-bond acceptors (Lipinski definition) is 4. The maximum atomic E-state index is 10.9. The highest BCUT2D eigenvalue weighted by molar-refractivity contribution is 5.86. The summed E-state index contributed by atoms with van der Waals surface area (Å²) in [6.07, 6.45) is 4.85. The highest BCUT2D eigenvalue weighted by atomic mass is 16.4. The smallest absolute Gasteiger partial charge is 0.372 e. The van der Waals surface area contributed by atoms with Crippen molar-refractivity contribution < 1.29 is 18.7 Å². The van der Waals surface area contributed by atoms with Crippen LogP contribution in [-0.2, 0) is 13.0 Å². The van der Waals surface area contributed by atoms with Gasteiger partial charge in [0, 0.05) is 24.6 Å². The van der Waals surface area contributed by atoms with Crippen molar-refractivity contribution in [1.29, 1.82) is 0 Å². The molecule has 2 aromatic rings. The van der Waals surface area contributed by atoms with E-state index in [1.165, 1.54) is 6.26 Å². The fraction of sp³-hybridized carbons (Fsp3) is 0.357. The zero-order valence-electron chi connectivity index (χ0n) is 10.8. The Hall–Kier alpha value is -2.01. The lowest BCUT2D eigenvalue weighted by atomic mass is 10.1. The van der Waals surface area contributed by atoms with Gasteiger partial charge in [0.1, 0.15) is 5.76 Å². The summed E-state index contributed by atoms with van der Waals surface area (Å²) < 4.78 is 10.2. The van der Waals surface area contributed by atoms with Crippen LogP contribution in [0.2, 0.25) is 0 Å². The second-order valence-corrected chi connectivity index (χ2v) is 4.48. The number of aromatic carboxylic acids is 1. The van der Waals surface area contributed by atoms with Gasteiger partial charge in [-0.15, -0.1) is 0 Å². The molecular weight excluding hydrogens is 246 g/mol. The van der Waals surface area contributed by atoms with Crippen LogP contribution in [-0.4, -0.2) is 17.1 Å². The van der Waals surface area contributed by atoms with Crippen molar-refractivity contribution in [3.05, 3.63) is 47.8 Å². The van der Waals surface area contributed by atoms with Crippen molar-refractivity contribution in [3.63, 3.8) is 0 Å². The Kier molecular flexibility index (Phi) is 4.41. The molecule has 0 aliphatic carbocycles. The summed E-state index contributed by atoms with van der Waals surface area (Å²) in [5.41, 5.74) is 0.664. The molecule has 5 nitrogen and oxygen atoms in total. The molecule has 2 N–H and O–H groups in total. The van der Waals surface area contributed by atoms with Crippen LogP contribution in [0.15, 0.2) is 39.6 Å². The molecule has 2 aromatic heterocycles. The van der Waals surface area contributed by atoms with Crippen LogP contribution in [0.4, 0.5) is 0 Å². The third-order valence-electron chi connectivity index (χ3n) is 2.99. The van der Waals surface area contributed by atoms with E-state index in [0.717, 1.165) is 18.6 Å². The SMILES string of the molecule is CC(CCc1ccco1)NCc1ccoc1C(=O)O. The van der Waals surface area contributed by atoms with E-state index >= 15 is 0 Å². The molecule has 0 saturated carbocycles. The summed E-state index contributed by atoms with van der Waals surface area (Å²) >= 11 is 0. The molecule has 0 fully saturated rings. The minimum atomic E-state index is -1.04. The molecule has 2 heterocycles. The van der Waals surface area contributed by atoms with Crippen molar-refractivity contribution in [2.75, 3.05) is 0 Å². The fourth-order valence-electron chi connectivity index (χ4n) is 1.86. The van der Waals surface area contributed by atoms with Crippen molar-refractivity contribution in [1.82, 2.24) is 5.32 Å². The average molecular weight is 263 g/mol. The first-order valence-electron chi connectivity index (χ1n) is 6.22. The highest BCUT2D eigenvalue weighted by Crippen LogP contribution is 2.11. The highest BCUT2D eigenvalue weighted by Gasteiger charge is 2.14. The standard InChI is InChI=1S/C14H17NO4/c1-10(4-5-12-3-2-7-18-12)15-9-11-6-8-19-13(11)14(16)17/h2-3,6-8,10,15H,4-5,9H2,1H3,(H,16,17). The topological polar surface area (TPSA) is 75.6 Å². The summed E-state index contributed by atoms with van der Waals surface area (Å²) in [7, 11) is 0. The number of nitrogens with one attached hydrogen (secondary N) is 1. The molecule has 0 aromatic carbocycles. The first kappa shape index (κ1) is 13.4. The Morgan fingerprint density at radius 3 is 2.89 bits per heavy atom. The normalized spacial score (nSPS) is 12.5. The van der Waals surface area contributed by atoms with E-state index in [1.807, 2.05) is 12.1 Å². The molecule has 0 radical (unpaired) electrons. The molecule has 102 valence electrons. The van der Waals surface area contributed by atoms with E-state index in [-0.39, 0.29) is 11.8 Å². The largest absolute Gasteiger partial charge is 0.475 e. The second kappa shape index (κ2) is 6.24. The number of carboxylic acid groups (broad SMARTS) is 1. The molecule has 0 saturated heterocycles. The molecular formula is C14H17NO4. The van der Waals surface area contributed by atoms with Gasteiger partial charge in [-0.25, -0.2) is 4.79 Å². The summed E-state index contributed by atoms with van der Waals surface area (Å²) in [5.74, 6) is -0.0704. The van der Waals surface area contributed by atoms with E-state index in [2.05, 4.69) is 12.2 Å². The third-order valence-corrected chi connectivity index (χ3v) is 2.99. The van der Waals surface area contributed by atoms with Crippen LogP contribution in [0.25, 0.3) is 0 Å². The molecule has 1 atom stereocenters. The van der Waals surface area contributed by atoms with E-state index in [9.17, 15) is 4.79 Å². The van der Waals surface area contributed by atoms with Gasteiger partial charge in [0.25, 0.3) is 0 Å². The third kappa shape index (κ3) is 3.72. The van der Waals surface area contributed by atoms with Crippen LogP contribution in [0.3, 0.4) is 0 Å². The minimum Gasteiger partial charge on any atom is -0.475 e. The second-order valence-electron chi connectivity index (χ2n) is 4.48. The predicted molar refractivity (Wildman–Crippen MR) is 69.0 cm³/mol. The number of carboxylic acids is 1. The van der Waals surface area contributed by atoms with Crippen LogP contribution in [0, 0.1) is 0 Å². The Balaban J connectivity index is 1.78. The van der Waals surface area contributed by atoms with Crippen molar-refractivity contribution >= 4 is 5.97 Å². The number of rotatable bonds is 7. The Labute approximate surface area is 111 Å². The van der Waals surface area contributed by atoms with E-state index in [1.54, 1.807) is 12.3 Å². The fourth-order valence-corrected chi connectivity index (χ4v) is 1.86. The zero-order valence-corrected chi connectivity index (χ0v) is 10.8. The lowest BCUT2D eigenvalue weighted by Gasteiger charge is -2.12. The molecule has 0 aliphatic rings. The van der Waals surface area contributed by atoms with E-state index in [4.69, 9.17) is 13.9 Å². The van der Waals surface area contributed by atoms with Crippen LogP contribution >= 0.6 is 0 Å². The molecule has 0 spiro atoms. The first-order chi connectivity index (χ1) is 9.16. The van der Waals surface area contributed by atoms with Crippen LogP contribution < -0.4 is 5.32 Å². The van der Waals surface area contributed by atoms with Gasteiger partial charge in [-0.2, -0.15) is 0 Å². The van der Waals surface area contributed by atoms with Gasteiger partial charge in [-0.05, 0) is 31.5 Å². The predicted octanol–water partition coefficient (Wildman–Crippen LogP) is 2.68. The maximum absolute atomic E-state index is 10.9. The minimum absolute atomic E-state index is 0.00531. The van der Waals surface area contributed by atoms with Gasteiger partial charge >= 0.3 is 5.97 Å². The maximum Gasteiger partial charge on any atom is 0.372 e.